The van der Waals surface area contributed by atoms with Gasteiger partial charge in [-0.2, -0.15) is 0 Å². The van der Waals surface area contributed by atoms with E-state index in [0.717, 1.165) is 6.42 Å². The van der Waals surface area contributed by atoms with Crippen LogP contribution in [0.25, 0.3) is 0 Å². The maximum Gasteiger partial charge on any atom is 0.410 e. The van der Waals surface area contributed by atoms with Crippen LogP contribution in [-0.2, 0) is 9.47 Å². The number of nitrogens with two attached hydrogens (primary N) is 1. The number of nitrogens with zero attached hydrogens (tertiary/aromatic N) is 1. The summed E-state index contributed by atoms with van der Waals surface area (Å²) in [5.74, 6) is 0. The van der Waals surface area contributed by atoms with Crippen molar-refractivity contribution >= 4 is 6.09 Å². The molecule has 2 aliphatic rings. The lowest BCUT2D eigenvalue weighted by Gasteiger charge is -2.41. The van der Waals surface area contributed by atoms with Crippen molar-refractivity contribution in [3.63, 3.8) is 0 Å². The van der Waals surface area contributed by atoms with Crippen molar-refractivity contribution in [1.82, 2.24) is 4.90 Å². The van der Waals surface area contributed by atoms with Gasteiger partial charge in [-0.25, -0.2) is 4.79 Å². The van der Waals surface area contributed by atoms with Crippen LogP contribution in [0.1, 0.15) is 46.5 Å². The molecule has 0 bridgehead atoms. The van der Waals surface area contributed by atoms with Crippen molar-refractivity contribution in [3.8, 4) is 0 Å². The van der Waals surface area contributed by atoms with E-state index in [4.69, 9.17) is 15.2 Å². The van der Waals surface area contributed by atoms with Gasteiger partial charge in [0, 0.05) is 32.7 Å². The normalized spacial score (nSPS) is 34.6. The molecule has 2 saturated heterocycles. The van der Waals surface area contributed by atoms with Crippen LogP contribution < -0.4 is 5.73 Å². The summed E-state index contributed by atoms with van der Waals surface area (Å²) < 4.78 is 10.8. The molecule has 0 aromatic rings. The van der Waals surface area contributed by atoms with Gasteiger partial charge in [0.05, 0.1) is 11.1 Å². The van der Waals surface area contributed by atoms with E-state index in [-0.39, 0.29) is 6.09 Å². The third kappa shape index (κ3) is 3.67. The Morgan fingerprint density at radius 3 is 2.67 bits per heavy atom. The highest BCUT2D eigenvalue weighted by Gasteiger charge is 2.52. The van der Waals surface area contributed by atoms with E-state index < -0.39 is 16.7 Å². The van der Waals surface area contributed by atoms with E-state index in [9.17, 15) is 9.90 Å². The second-order valence-electron chi connectivity index (χ2n) is 7.31. The molecule has 2 atom stereocenters. The maximum atomic E-state index is 12.1. The average molecular weight is 300 g/mol. The van der Waals surface area contributed by atoms with Crippen LogP contribution in [0.5, 0.6) is 0 Å². The van der Waals surface area contributed by atoms with Gasteiger partial charge in [0.1, 0.15) is 5.60 Å². The van der Waals surface area contributed by atoms with Gasteiger partial charge in [-0.3, -0.25) is 0 Å². The number of carbonyl (C=O) groups excluding carboxylic acids is 1. The Labute approximate surface area is 126 Å². The van der Waals surface area contributed by atoms with Gasteiger partial charge in [0.15, 0.2) is 0 Å². The van der Waals surface area contributed by atoms with Crippen LogP contribution in [0.2, 0.25) is 0 Å². The molecule has 2 fully saturated rings. The molecule has 2 aliphatic heterocycles. The Morgan fingerprint density at radius 2 is 2.00 bits per heavy atom. The lowest BCUT2D eigenvalue weighted by atomic mass is 9.75. The zero-order chi connectivity index (χ0) is 15.7. The van der Waals surface area contributed by atoms with Crippen molar-refractivity contribution in [1.29, 1.82) is 0 Å². The highest BCUT2D eigenvalue weighted by Crippen LogP contribution is 2.37. The van der Waals surface area contributed by atoms with E-state index >= 15 is 0 Å². The lowest BCUT2D eigenvalue weighted by molar-refractivity contribution is -0.0482. The third-order valence-electron chi connectivity index (χ3n) is 4.42. The topological polar surface area (TPSA) is 85.0 Å². The number of aliphatic hydroxyl groups is 1. The van der Waals surface area contributed by atoms with Crippen molar-refractivity contribution in [2.24, 2.45) is 5.73 Å². The molecule has 1 amide bonds. The summed E-state index contributed by atoms with van der Waals surface area (Å²) in [7, 11) is 0. The largest absolute Gasteiger partial charge is 0.444 e. The van der Waals surface area contributed by atoms with Crippen LogP contribution in [0, 0.1) is 0 Å². The minimum atomic E-state index is -0.972. The number of rotatable bonds is 1. The molecule has 0 aromatic heterocycles. The van der Waals surface area contributed by atoms with E-state index in [1.54, 1.807) is 4.90 Å². The first-order valence-corrected chi connectivity index (χ1v) is 7.72. The smallest absolute Gasteiger partial charge is 0.410 e. The SMILES string of the molecule is CC(C)(C)OC(=O)N1CCC(N)(C2(O)CCCOCC2)C1. The standard InChI is InChI=1S/C15H28N2O4/c1-13(2,3)21-12(18)17-8-6-14(16,11-17)15(19)5-4-9-20-10-7-15/h19H,4-11,16H2,1-3H3. The second kappa shape index (κ2) is 5.74. The zero-order valence-electron chi connectivity index (χ0n) is 13.4. The van der Waals surface area contributed by atoms with Crippen molar-refractivity contribution in [3.05, 3.63) is 0 Å². The summed E-state index contributed by atoms with van der Waals surface area (Å²) in [5.41, 5.74) is 4.20. The Bertz CT molecular complexity index is 386. The number of hydrogen-bond acceptors (Lipinski definition) is 5. The van der Waals surface area contributed by atoms with E-state index in [1.807, 2.05) is 20.8 Å². The van der Waals surface area contributed by atoms with Crippen molar-refractivity contribution in [2.45, 2.75) is 63.2 Å². The van der Waals surface area contributed by atoms with E-state index in [1.165, 1.54) is 0 Å². The number of ether oxygens (including phenoxy) is 2. The molecule has 2 heterocycles. The van der Waals surface area contributed by atoms with Crippen molar-refractivity contribution in [2.75, 3.05) is 26.3 Å². The molecule has 2 rings (SSSR count). The van der Waals surface area contributed by atoms with Crippen LogP contribution in [-0.4, -0.2) is 59.1 Å². The van der Waals surface area contributed by atoms with Gasteiger partial charge in [-0.15, -0.1) is 0 Å². The number of likely N-dealkylation sites (tertiary alicyclic amines) is 1. The summed E-state index contributed by atoms with van der Waals surface area (Å²) in [6.45, 7) is 7.55. The maximum absolute atomic E-state index is 12.1. The minimum absolute atomic E-state index is 0.332. The van der Waals surface area contributed by atoms with Crippen molar-refractivity contribution < 1.29 is 19.4 Å². The fourth-order valence-corrected chi connectivity index (χ4v) is 3.13. The summed E-state index contributed by atoms with van der Waals surface area (Å²) in [6, 6.07) is 0. The second-order valence-corrected chi connectivity index (χ2v) is 7.31. The molecule has 21 heavy (non-hydrogen) atoms. The quantitative estimate of drug-likeness (QED) is 0.761. The first-order chi connectivity index (χ1) is 9.65. The summed E-state index contributed by atoms with van der Waals surface area (Å²) in [5, 5.41) is 11.0. The van der Waals surface area contributed by atoms with E-state index in [0.29, 0.717) is 45.6 Å². The molecule has 0 saturated carbocycles. The average Bonchev–Trinajstić information content (AvgIpc) is 2.62. The molecule has 122 valence electrons. The highest BCUT2D eigenvalue weighted by atomic mass is 16.6. The predicted molar refractivity (Wildman–Crippen MR) is 79.0 cm³/mol. The molecular weight excluding hydrogens is 272 g/mol. The molecule has 0 radical (unpaired) electrons. The van der Waals surface area contributed by atoms with Gasteiger partial charge in [-0.1, -0.05) is 0 Å². The van der Waals surface area contributed by atoms with Crippen LogP contribution in [0.15, 0.2) is 0 Å². The molecule has 6 nitrogen and oxygen atoms in total. The van der Waals surface area contributed by atoms with E-state index in [2.05, 4.69) is 0 Å². The van der Waals surface area contributed by atoms with Gasteiger partial charge < -0.3 is 25.2 Å². The summed E-state index contributed by atoms with van der Waals surface area (Å²) >= 11 is 0. The Morgan fingerprint density at radius 1 is 1.29 bits per heavy atom. The van der Waals surface area contributed by atoms with Gasteiger partial charge in [0.2, 0.25) is 0 Å². The Kier molecular flexibility index (Phi) is 4.52. The Hall–Kier alpha value is -0.850. The van der Waals surface area contributed by atoms with Crippen LogP contribution in [0.3, 0.4) is 0 Å². The molecule has 0 aliphatic carbocycles. The monoisotopic (exact) mass is 300 g/mol. The van der Waals surface area contributed by atoms with Gasteiger partial charge in [0.25, 0.3) is 0 Å². The molecular formula is C15H28N2O4. The Balaban J connectivity index is 2.03. The molecule has 2 unspecified atom stereocenters. The predicted octanol–water partition coefficient (Wildman–Crippen LogP) is 1.26. The van der Waals surface area contributed by atoms with Crippen LogP contribution >= 0.6 is 0 Å². The summed E-state index contributed by atoms with van der Waals surface area (Å²) in [4.78, 5) is 13.8. The molecule has 0 spiro atoms. The minimum Gasteiger partial charge on any atom is -0.444 e. The number of hydrogen-bond donors (Lipinski definition) is 2. The number of carbonyl (C=O) groups is 1. The lowest BCUT2D eigenvalue weighted by Crippen LogP contribution is -2.62. The fourth-order valence-electron chi connectivity index (χ4n) is 3.13. The van der Waals surface area contributed by atoms with Crippen LogP contribution in [0.4, 0.5) is 4.79 Å². The summed E-state index contributed by atoms with van der Waals surface area (Å²) in [6.07, 6.45) is 2.16. The fraction of sp³-hybridized carbons (Fsp3) is 0.933. The highest BCUT2D eigenvalue weighted by molar-refractivity contribution is 5.68. The van der Waals surface area contributed by atoms with Gasteiger partial charge in [-0.05, 0) is 40.0 Å². The number of amides is 1. The molecule has 0 aromatic carbocycles. The molecule has 3 N–H and O–H groups in total. The first-order valence-electron chi connectivity index (χ1n) is 7.72. The first kappa shape index (κ1) is 16.5. The van der Waals surface area contributed by atoms with Gasteiger partial charge >= 0.3 is 6.09 Å². The third-order valence-corrected chi connectivity index (χ3v) is 4.42. The molecule has 6 heteroatoms. The zero-order valence-corrected chi connectivity index (χ0v) is 13.4.